The van der Waals surface area contributed by atoms with E-state index in [-0.39, 0.29) is 5.25 Å². The van der Waals surface area contributed by atoms with E-state index in [0.717, 1.165) is 35.1 Å². The van der Waals surface area contributed by atoms with Crippen LogP contribution in [0.5, 0.6) is 11.5 Å². The molecule has 1 aromatic heterocycles. The first-order valence-corrected chi connectivity index (χ1v) is 9.01. The van der Waals surface area contributed by atoms with E-state index in [2.05, 4.69) is 24.3 Å². The van der Waals surface area contributed by atoms with E-state index in [9.17, 15) is 0 Å². The Balaban J connectivity index is 1.58. The predicted molar refractivity (Wildman–Crippen MR) is 97.1 cm³/mol. The minimum absolute atomic E-state index is 0.224. The van der Waals surface area contributed by atoms with Gasteiger partial charge in [-0.05, 0) is 42.0 Å². The van der Waals surface area contributed by atoms with Crippen LogP contribution in [-0.2, 0) is 0 Å². The molecule has 0 N–H and O–H groups in total. The van der Waals surface area contributed by atoms with Crippen LogP contribution in [0.4, 0.5) is 5.69 Å². The lowest BCUT2D eigenvalue weighted by atomic mass is 10.0. The minimum atomic E-state index is 0.224. The smallest absolute Gasteiger partial charge is 0.231 e. The van der Waals surface area contributed by atoms with Crippen LogP contribution in [0.15, 0.2) is 75.2 Å². The van der Waals surface area contributed by atoms with Gasteiger partial charge < -0.3 is 13.9 Å². The molecule has 3 aromatic rings. The normalized spacial score (nSPS) is 18.4. The van der Waals surface area contributed by atoms with Crippen LogP contribution in [0.2, 0.25) is 0 Å². The summed E-state index contributed by atoms with van der Waals surface area (Å²) >= 11 is 1.82. The maximum atomic E-state index is 5.62. The molecule has 3 heterocycles. The highest BCUT2D eigenvalue weighted by atomic mass is 32.2. The second-order valence-corrected chi connectivity index (χ2v) is 7.17. The molecule has 2 aromatic carbocycles. The van der Waals surface area contributed by atoms with Gasteiger partial charge in [0, 0.05) is 16.6 Å². The summed E-state index contributed by atoms with van der Waals surface area (Å²) in [5.41, 5.74) is 3.15. The lowest BCUT2D eigenvalue weighted by Crippen LogP contribution is -2.04. The fourth-order valence-corrected chi connectivity index (χ4v) is 4.33. The summed E-state index contributed by atoms with van der Waals surface area (Å²) in [6.07, 6.45) is 2.48. The number of hydrogen-bond acceptors (Lipinski definition) is 5. The Bertz CT molecular complexity index is 949. The van der Waals surface area contributed by atoms with Gasteiger partial charge in [0.1, 0.15) is 5.76 Å². The van der Waals surface area contributed by atoms with Crippen molar-refractivity contribution < 1.29 is 13.9 Å². The van der Waals surface area contributed by atoms with Gasteiger partial charge in [0.25, 0.3) is 0 Å². The molecule has 0 saturated carbocycles. The number of rotatable bonds is 2. The fourth-order valence-electron chi connectivity index (χ4n) is 3.11. The monoisotopic (exact) mass is 349 g/mol. The highest BCUT2D eigenvalue weighted by molar-refractivity contribution is 7.99. The zero-order valence-corrected chi connectivity index (χ0v) is 14.2. The minimum Gasteiger partial charge on any atom is -0.463 e. The molecule has 4 nitrogen and oxygen atoms in total. The summed E-state index contributed by atoms with van der Waals surface area (Å²) in [5.74, 6) is 2.44. The third-order valence-electron chi connectivity index (χ3n) is 4.34. The van der Waals surface area contributed by atoms with E-state index in [4.69, 9.17) is 18.9 Å². The van der Waals surface area contributed by atoms with Gasteiger partial charge in [0.15, 0.2) is 11.5 Å². The first-order valence-electron chi connectivity index (χ1n) is 8.13. The summed E-state index contributed by atoms with van der Waals surface area (Å²) in [4.78, 5) is 6.05. The number of hydrogen-bond donors (Lipinski definition) is 0. The van der Waals surface area contributed by atoms with E-state index >= 15 is 0 Å². The van der Waals surface area contributed by atoms with Crippen molar-refractivity contribution in [2.75, 3.05) is 6.79 Å². The van der Waals surface area contributed by atoms with Crippen molar-refractivity contribution in [2.24, 2.45) is 4.99 Å². The van der Waals surface area contributed by atoms with Crippen LogP contribution < -0.4 is 9.47 Å². The van der Waals surface area contributed by atoms with Gasteiger partial charge >= 0.3 is 0 Å². The van der Waals surface area contributed by atoms with Gasteiger partial charge in [-0.15, -0.1) is 11.8 Å². The van der Waals surface area contributed by atoms with E-state index in [1.165, 1.54) is 10.5 Å². The number of para-hydroxylation sites is 1. The lowest BCUT2D eigenvalue weighted by molar-refractivity contribution is 0.174. The summed E-state index contributed by atoms with van der Waals surface area (Å²) in [6, 6.07) is 18.3. The van der Waals surface area contributed by atoms with Crippen LogP contribution in [0.3, 0.4) is 0 Å². The number of ether oxygens (including phenoxy) is 2. The summed E-state index contributed by atoms with van der Waals surface area (Å²) in [5, 5.41) is 0.224. The largest absolute Gasteiger partial charge is 0.463 e. The standard InChI is InChI=1S/C20H15NO3S/c1-2-6-19-14(4-1)21-15(16-5-3-9-22-16)11-20(25-19)13-7-8-17-18(10-13)24-12-23-17/h1-10,20H,11-12H2/t20-/m1/s1. The first-order chi connectivity index (χ1) is 12.4. The van der Waals surface area contributed by atoms with Crippen molar-refractivity contribution in [3.8, 4) is 11.5 Å². The molecule has 25 heavy (non-hydrogen) atoms. The van der Waals surface area contributed by atoms with Crippen LogP contribution in [0.25, 0.3) is 0 Å². The topological polar surface area (TPSA) is 44.0 Å². The molecule has 0 unspecified atom stereocenters. The third kappa shape index (κ3) is 2.70. The first kappa shape index (κ1) is 14.7. The molecule has 0 amide bonds. The van der Waals surface area contributed by atoms with Crippen molar-refractivity contribution in [1.82, 2.24) is 0 Å². The lowest BCUT2D eigenvalue weighted by Gasteiger charge is -2.16. The average molecular weight is 349 g/mol. The summed E-state index contributed by atoms with van der Waals surface area (Å²) < 4.78 is 16.6. The van der Waals surface area contributed by atoms with Crippen molar-refractivity contribution >= 4 is 23.2 Å². The molecule has 0 bridgehead atoms. The van der Waals surface area contributed by atoms with Gasteiger partial charge in [-0.1, -0.05) is 18.2 Å². The average Bonchev–Trinajstić information content (AvgIpc) is 3.29. The molecule has 0 fully saturated rings. The number of aliphatic imine (C=N–C) groups is 1. The zero-order valence-electron chi connectivity index (χ0n) is 13.3. The van der Waals surface area contributed by atoms with Crippen molar-refractivity contribution in [2.45, 2.75) is 16.6 Å². The Labute approximate surface area is 149 Å². The number of benzene rings is 2. The van der Waals surface area contributed by atoms with Gasteiger partial charge in [-0.2, -0.15) is 0 Å². The Morgan fingerprint density at radius 1 is 0.960 bits per heavy atom. The molecule has 2 aliphatic rings. The Morgan fingerprint density at radius 2 is 1.88 bits per heavy atom. The van der Waals surface area contributed by atoms with Crippen LogP contribution >= 0.6 is 11.8 Å². The highest BCUT2D eigenvalue weighted by Gasteiger charge is 2.25. The van der Waals surface area contributed by atoms with Crippen molar-refractivity contribution in [3.05, 3.63) is 72.2 Å². The number of nitrogens with zero attached hydrogens (tertiary/aromatic N) is 1. The van der Waals surface area contributed by atoms with E-state index < -0.39 is 0 Å². The molecular formula is C20H15NO3S. The van der Waals surface area contributed by atoms with Crippen molar-refractivity contribution in [3.63, 3.8) is 0 Å². The van der Waals surface area contributed by atoms with E-state index in [0.29, 0.717) is 6.79 Å². The van der Waals surface area contributed by atoms with Crippen LogP contribution in [-0.4, -0.2) is 12.5 Å². The SMILES string of the molecule is c1coc(C2=Nc3ccccc3S[C@@H](c3ccc4c(c3)OCO4)C2)c1. The molecule has 0 saturated heterocycles. The quantitative estimate of drug-likeness (QED) is 0.624. The van der Waals surface area contributed by atoms with Crippen molar-refractivity contribution in [1.29, 1.82) is 0 Å². The Hall–Kier alpha value is -2.66. The molecule has 1 atom stereocenters. The molecule has 5 heteroatoms. The second-order valence-electron chi connectivity index (χ2n) is 5.93. The summed E-state index contributed by atoms with van der Waals surface area (Å²) in [7, 11) is 0. The molecule has 124 valence electrons. The molecule has 0 spiro atoms. The molecule has 0 aliphatic carbocycles. The molecular weight excluding hydrogens is 334 g/mol. The summed E-state index contributed by atoms with van der Waals surface area (Å²) in [6.45, 7) is 0.290. The van der Waals surface area contributed by atoms with Gasteiger partial charge in [-0.25, -0.2) is 4.99 Å². The highest BCUT2D eigenvalue weighted by Crippen LogP contribution is 2.47. The Morgan fingerprint density at radius 3 is 2.80 bits per heavy atom. The third-order valence-corrected chi connectivity index (χ3v) is 5.67. The van der Waals surface area contributed by atoms with Gasteiger partial charge in [0.05, 0.1) is 17.7 Å². The van der Waals surface area contributed by atoms with Crippen LogP contribution in [0, 0.1) is 0 Å². The number of furan rings is 1. The van der Waals surface area contributed by atoms with Gasteiger partial charge in [-0.3, -0.25) is 0 Å². The maximum Gasteiger partial charge on any atom is 0.231 e. The zero-order chi connectivity index (χ0) is 16.6. The number of thioether (sulfide) groups is 1. The van der Waals surface area contributed by atoms with E-state index in [1.807, 2.05) is 42.1 Å². The number of fused-ring (bicyclic) bond motifs is 2. The predicted octanol–water partition coefficient (Wildman–Crippen LogP) is 5.37. The fraction of sp³-hybridized carbons (Fsp3) is 0.150. The second kappa shape index (κ2) is 6.01. The Kier molecular flexibility index (Phi) is 3.52. The molecule has 0 radical (unpaired) electrons. The molecule has 5 rings (SSSR count). The van der Waals surface area contributed by atoms with E-state index in [1.54, 1.807) is 6.26 Å². The maximum absolute atomic E-state index is 5.62. The van der Waals surface area contributed by atoms with Crippen LogP contribution in [0.1, 0.15) is 23.0 Å². The van der Waals surface area contributed by atoms with Gasteiger partial charge in [0.2, 0.25) is 6.79 Å². The molecule has 2 aliphatic heterocycles.